The van der Waals surface area contributed by atoms with E-state index in [0.717, 1.165) is 11.3 Å². The number of nitro groups is 1. The van der Waals surface area contributed by atoms with E-state index in [1.807, 2.05) is 0 Å². The van der Waals surface area contributed by atoms with Gasteiger partial charge in [0, 0.05) is 23.2 Å². The Hall–Kier alpha value is -2.07. The van der Waals surface area contributed by atoms with E-state index in [2.05, 4.69) is 36.8 Å². The molecule has 2 rings (SSSR count). The summed E-state index contributed by atoms with van der Waals surface area (Å²) in [5.41, 5.74) is 0.735. The van der Waals surface area contributed by atoms with Crippen LogP contribution in [0.2, 0.25) is 0 Å². The van der Waals surface area contributed by atoms with Gasteiger partial charge in [0.05, 0.1) is 10.6 Å². The molecule has 1 aromatic heterocycles. The van der Waals surface area contributed by atoms with Gasteiger partial charge in [-0.25, -0.2) is 0 Å². The molecular formula is C11H10BrN5O3S. The number of aromatic nitrogens is 2. The largest absolute Gasteiger partial charge is 0.363 e. The highest BCUT2D eigenvalue weighted by Gasteiger charge is 2.18. The van der Waals surface area contributed by atoms with E-state index in [9.17, 15) is 14.9 Å². The van der Waals surface area contributed by atoms with E-state index in [1.165, 1.54) is 6.07 Å². The van der Waals surface area contributed by atoms with Crippen molar-refractivity contribution in [3.63, 3.8) is 0 Å². The molecule has 0 saturated heterocycles. The summed E-state index contributed by atoms with van der Waals surface area (Å²) in [4.78, 5) is 22.5. The first-order valence-electron chi connectivity index (χ1n) is 5.69. The molecule has 0 atom stereocenters. The zero-order valence-electron chi connectivity index (χ0n) is 11.0. The average molecular weight is 372 g/mol. The van der Waals surface area contributed by atoms with Crippen LogP contribution in [0, 0.1) is 17.0 Å². The Kier molecular flexibility index (Phi) is 4.48. The van der Waals surface area contributed by atoms with Crippen molar-refractivity contribution in [3.05, 3.63) is 37.3 Å². The van der Waals surface area contributed by atoms with Crippen molar-refractivity contribution in [2.24, 2.45) is 0 Å². The molecule has 0 spiro atoms. The molecule has 21 heavy (non-hydrogen) atoms. The van der Waals surface area contributed by atoms with Crippen LogP contribution in [-0.4, -0.2) is 28.1 Å². The predicted octanol–water partition coefficient (Wildman–Crippen LogP) is 2.81. The normalized spacial score (nSPS) is 10.2. The van der Waals surface area contributed by atoms with Crippen LogP contribution >= 0.6 is 27.3 Å². The van der Waals surface area contributed by atoms with Gasteiger partial charge in [0.15, 0.2) is 0 Å². The topological polar surface area (TPSA) is 110 Å². The van der Waals surface area contributed by atoms with Gasteiger partial charge in [0.25, 0.3) is 11.6 Å². The van der Waals surface area contributed by atoms with Gasteiger partial charge >= 0.3 is 0 Å². The van der Waals surface area contributed by atoms with Crippen LogP contribution in [0.5, 0.6) is 0 Å². The van der Waals surface area contributed by atoms with Gasteiger partial charge < -0.3 is 10.6 Å². The summed E-state index contributed by atoms with van der Waals surface area (Å²) >= 11 is 4.35. The van der Waals surface area contributed by atoms with E-state index in [0.29, 0.717) is 20.9 Å². The molecule has 2 N–H and O–H groups in total. The molecule has 0 bridgehead atoms. The van der Waals surface area contributed by atoms with E-state index in [-0.39, 0.29) is 10.7 Å². The number of hydrogen-bond donors (Lipinski definition) is 2. The molecule has 0 aliphatic carbocycles. The van der Waals surface area contributed by atoms with Crippen LogP contribution in [0.4, 0.5) is 16.5 Å². The zero-order chi connectivity index (χ0) is 15.6. The lowest BCUT2D eigenvalue weighted by Crippen LogP contribution is -2.12. The Morgan fingerprint density at radius 1 is 1.43 bits per heavy atom. The van der Waals surface area contributed by atoms with Gasteiger partial charge in [-0.2, -0.15) is 0 Å². The molecule has 1 amide bonds. The monoisotopic (exact) mass is 371 g/mol. The number of carbonyl (C=O) groups excluding carboxylic acids is 1. The Bertz CT molecular complexity index is 718. The van der Waals surface area contributed by atoms with Gasteiger partial charge in [0.2, 0.25) is 10.1 Å². The smallest absolute Gasteiger partial charge is 0.286 e. The molecule has 0 unspecified atom stereocenters. The SMILES string of the molecule is CNc1nnc(C(=O)Nc2cc([N+](=O)[O-])c(C)cc2Br)s1. The molecule has 110 valence electrons. The second-order valence-corrected chi connectivity index (χ2v) is 5.82. The molecule has 0 fully saturated rings. The number of nitrogens with zero attached hydrogens (tertiary/aromatic N) is 3. The molecular weight excluding hydrogens is 362 g/mol. The van der Waals surface area contributed by atoms with Crippen LogP contribution < -0.4 is 10.6 Å². The molecule has 1 aromatic carbocycles. The molecule has 10 heteroatoms. The van der Waals surface area contributed by atoms with E-state index in [1.54, 1.807) is 20.0 Å². The molecule has 0 aliphatic heterocycles. The predicted molar refractivity (Wildman–Crippen MR) is 82.9 cm³/mol. The van der Waals surface area contributed by atoms with Crippen molar-refractivity contribution in [1.29, 1.82) is 0 Å². The van der Waals surface area contributed by atoms with E-state index < -0.39 is 10.8 Å². The number of nitrogens with one attached hydrogen (secondary N) is 2. The van der Waals surface area contributed by atoms with Gasteiger partial charge in [-0.05, 0) is 28.9 Å². The maximum Gasteiger partial charge on any atom is 0.286 e. The fourth-order valence-corrected chi connectivity index (χ4v) is 2.69. The summed E-state index contributed by atoms with van der Waals surface area (Å²) in [5, 5.41) is 24.4. The summed E-state index contributed by atoms with van der Waals surface area (Å²) in [7, 11) is 1.67. The Labute approximate surface area is 131 Å². The van der Waals surface area contributed by atoms with Crippen LogP contribution in [0.15, 0.2) is 16.6 Å². The number of rotatable bonds is 4. The third kappa shape index (κ3) is 3.34. The fourth-order valence-electron chi connectivity index (χ4n) is 1.55. The van der Waals surface area contributed by atoms with Crippen molar-refractivity contribution >= 4 is 49.7 Å². The summed E-state index contributed by atoms with van der Waals surface area (Å²) in [5.74, 6) is -0.479. The van der Waals surface area contributed by atoms with E-state index >= 15 is 0 Å². The first-order chi connectivity index (χ1) is 9.92. The molecule has 1 heterocycles. The highest BCUT2D eigenvalue weighted by Crippen LogP contribution is 2.31. The minimum absolute atomic E-state index is 0.0679. The first-order valence-corrected chi connectivity index (χ1v) is 7.30. The summed E-state index contributed by atoms with van der Waals surface area (Å²) in [6, 6.07) is 2.88. The highest BCUT2D eigenvalue weighted by atomic mass is 79.9. The summed E-state index contributed by atoms with van der Waals surface area (Å²) in [6.45, 7) is 1.62. The number of anilines is 2. The fraction of sp³-hybridized carbons (Fsp3) is 0.182. The highest BCUT2D eigenvalue weighted by molar-refractivity contribution is 9.10. The van der Waals surface area contributed by atoms with Crippen molar-refractivity contribution in [1.82, 2.24) is 10.2 Å². The lowest BCUT2D eigenvalue weighted by atomic mass is 10.2. The van der Waals surface area contributed by atoms with E-state index in [4.69, 9.17) is 0 Å². The van der Waals surface area contributed by atoms with Crippen LogP contribution in [-0.2, 0) is 0 Å². The third-order valence-electron chi connectivity index (χ3n) is 2.56. The second kappa shape index (κ2) is 6.14. The molecule has 0 radical (unpaired) electrons. The third-order valence-corrected chi connectivity index (χ3v) is 4.16. The van der Waals surface area contributed by atoms with Crippen molar-refractivity contribution in [2.75, 3.05) is 17.7 Å². The van der Waals surface area contributed by atoms with Crippen LogP contribution in [0.1, 0.15) is 15.4 Å². The minimum atomic E-state index is -0.499. The van der Waals surface area contributed by atoms with Crippen LogP contribution in [0.25, 0.3) is 0 Å². The summed E-state index contributed by atoms with van der Waals surface area (Å²) in [6.07, 6.45) is 0. The lowest BCUT2D eigenvalue weighted by Gasteiger charge is -2.07. The molecule has 0 saturated carbocycles. The van der Waals surface area contributed by atoms with Crippen molar-refractivity contribution < 1.29 is 9.72 Å². The minimum Gasteiger partial charge on any atom is -0.363 e. The average Bonchev–Trinajstić information content (AvgIpc) is 2.90. The maximum absolute atomic E-state index is 12.0. The maximum atomic E-state index is 12.0. The standard InChI is InChI=1S/C11H10BrN5O3S/c1-5-3-6(12)7(4-8(5)17(19)20)14-9(18)10-15-16-11(13-2)21-10/h3-4H,1-2H3,(H,13,16)(H,14,18). The van der Waals surface area contributed by atoms with Crippen molar-refractivity contribution in [3.8, 4) is 0 Å². The van der Waals surface area contributed by atoms with Crippen molar-refractivity contribution in [2.45, 2.75) is 6.92 Å². The summed E-state index contributed by atoms with van der Waals surface area (Å²) < 4.78 is 0.553. The Morgan fingerprint density at radius 2 is 2.14 bits per heavy atom. The van der Waals surface area contributed by atoms with Gasteiger partial charge in [-0.3, -0.25) is 14.9 Å². The number of carbonyl (C=O) groups is 1. The molecule has 8 nitrogen and oxygen atoms in total. The van der Waals surface area contributed by atoms with Gasteiger partial charge in [0.1, 0.15) is 0 Å². The molecule has 0 aliphatic rings. The number of benzene rings is 1. The quantitative estimate of drug-likeness (QED) is 0.631. The van der Waals surface area contributed by atoms with Gasteiger partial charge in [-0.1, -0.05) is 11.3 Å². The Morgan fingerprint density at radius 3 is 2.71 bits per heavy atom. The van der Waals surface area contributed by atoms with Gasteiger partial charge in [-0.15, -0.1) is 10.2 Å². The number of nitro benzene ring substituents is 1. The number of aryl methyl sites for hydroxylation is 1. The second-order valence-electron chi connectivity index (χ2n) is 3.99. The number of amides is 1. The first kappa shape index (κ1) is 15.3. The number of halogens is 1. The van der Waals surface area contributed by atoms with Crippen LogP contribution in [0.3, 0.4) is 0 Å². The lowest BCUT2D eigenvalue weighted by molar-refractivity contribution is -0.385. The molecule has 2 aromatic rings. The zero-order valence-corrected chi connectivity index (χ0v) is 13.4. The Balaban J connectivity index is 2.28. The number of hydrogen-bond acceptors (Lipinski definition) is 7.